The number of hydrogen-bond donors (Lipinski definition) is 1. The second-order valence-electron chi connectivity index (χ2n) is 4.18. The minimum Gasteiger partial charge on any atom is -0.327 e. The molecule has 0 amide bonds. The summed E-state index contributed by atoms with van der Waals surface area (Å²) in [7, 11) is 0. The summed E-state index contributed by atoms with van der Waals surface area (Å²) in [6.07, 6.45) is 2.61. The lowest BCUT2D eigenvalue weighted by atomic mass is 9.90. The Morgan fingerprint density at radius 3 is 2.50 bits per heavy atom. The Bertz CT molecular complexity index is 337. The van der Waals surface area contributed by atoms with E-state index < -0.39 is 0 Å². The molecule has 1 unspecified atom stereocenters. The lowest BCUT2D eigenvalue weighted by Gasteiger charge is -2.21. The third kappa shape index (κ3) is 3.46. The van der Waals surface area contributed by atoms with Crippen LogP contribution in [0.2, 0.25) is 5.02 Å². The predicted molar refractivity (Wildman–Crippen MR) is 67.2 cm³/mol. The topological polar surface area (TPSA) is 26.0 Å². The summed E-state index contributed by atoms with van der Waals surface area (Å²) in [6, 6.07) is 4.63. The van der Waals surface area contributed by atoms with Crippen molar-refractivity contribution in [3.63, 3.8) is 0 Å². The molecule has 0 aliphatic heterocycles. The van der Waals surface area contributed by atoms with Gasteiger partial charge in [-0.1, -0.05) is 38.3 Å². The van der Waals surface area contributed by atoms with Gasteiger partial charge in [0.25, 0.3) is 0 Å². The van der Waals surface area contributed by atoms with Crippen LogP contribution >= 0.6 is 11.6 Å². The summed E-state index contributed by atoms with van der Waals surface area (Å²) in [5.74, 6) is 0.226. The van der Waals surface area contributed by atoms with Gasteiger partial charge in [0.1, 0.15) is 5.82 Å². The van der Waals surface area contributed by atoms with Crippen LogP contribution < -0.4 is 5.73 Å². The molecule has 2 N–H and O–H groups in total. The van der Waals surface area contributed by atoms with Crippen molar-refractivity contribution in [2.75, 3.05) is 0 Å². The quantitative estimate of drug-likeness (QED) is 0.837. The molecule has 1 atom stereocenters. The van der Waals surface area contributed by atoms with Crippen molar-refractivity contribution < 1.29 is 4.39 Å². The molecule has 0 aliphatic rings. The van der Waals surface area contributed by atoms with Crippen LogP contribution in [0.3, 0.4) is 0 Å². The van der Waals surface area contributed by atoms with Gasteiger partial charge in [0, 0.05) is 11.1 Å². The van der Waals surface area contributed by atoms with E-state index in [0.717, 1.165) is 12.8 Å². The van der Waals surface area contributed by atoms with E-state index in [1.165, 1.54) is 6.07 Å². The van der Waals surface area contributed by atoms with E-state index in [2.05, 4.69) is 13.8 Å². The maximum absolute atomic E-state index is 13.5. The summed E-state index contributed by atoms with van der Waals surface area (Å²) in [5.41, 5.74) is 6.70. The van der Waals surface area contributed by atoms with E-state index in [-0.39, 0.29) is 11.9 Å². The van der Waals surface area contributed by atoms with Crippen LogP contribution in [0.25, 0.3) is 0 Å². The van der Waals surface area contributed by atoms with Gasteiger partial charge in [-0.25, -0.2) is 4.39 Å². The molecule has 1 nitrogen and oxygen atoms in total. The second kappa shape index (κ2) is 6.21. The van der Waals surface area contributed by atoms with Crippen molar-refractivity contribution in [3.05, 3.63) is 34.6 Å². The van der Waals surface area contributed by atoms with Crippen LogP contribution in [-0.2, 0) is 6.42 Å². The molecule has 1 rings (SSSR count). The molecular weight excluding hydrogens is 225 g/mol. The molecule has 0 aromatic heterocycles. The first-order valence-corrected chi connectivity index (χ1v) is 6.15. The highest BCUT2D eigenvalue weighted by molar-refractivity contribution is 6.30. The molecule has 16 heavy (non-hydrogen) atoms. The van der Waals surface area contributed by atoms with E-state index >= 15 is 0 Å². The Kier molecular flexibility index (Phi) is 5.23. The van der Waals surface area contributed by atoms with E-state index in [0.29, 0.717) is 22.9 Å². The van der Waals surface area contributed by atoms with Crippen molar-refractivity contribution >= 4 is 11.6 Å². The highest BCUT2D eigenvalue weighted by Gasteiger charge is 2.16. The van der Waals surface area contributed by atoms with Gasteiger partial charge in [-0.05, 0) is 36.1 Å². The number of hydrogen-bond acceptors (Lipinski definition) is 1. The monoisotopic (exact) mass is 243 g/mol. The molecule has 1 aromatic rings. The van der Waals surface area contributed by atoms with E-state index in [9.17, 15) is 4.39 Å². The molecule has 1 aromatic carbocycles. The summed E-state index contributed by atoms with van der Waals surface area (Å²) in [5, 5.41) is 0.563. The SMILES string of the molecule is CCC(CC)C(N)Cc1cc(Cl)ccc1F. The minimum absolute atomic E-state index is 0.00275. The summed E-state index contributed by atoms with van der Waals surface area (Å²) in [4.78, 5) is 0. The Labute approximate surface area is 102 Å². The molecule has 0 spiro atoms. The van der Waals surface area contributed by atoms with Gasteiger partial charge in [-0.2, -0.15) is 0 Å². The van der Waals surface area contributed by atoms with E-state index in [1.807, 2.05) is 0 Å². The third-order valence-corrected chi connectivity index (χ3v) is 3.35. The van der Waals surface area contributed by atoms with Crippen LogP contribution in [0.1, 0.15) is 32.3 Å². The zero-order chi connectivity index (χ0) is 12.1. The fourth-order valence-corrected chi connectivity index (χ4v) is 2.21. The van der Waals surface area contributed by atoms with Gasteiger partial charge >= 0.3 is 0 Å². The number of halogens is 2. The third-order valence-electron chi connectivity index (χ3n) is 3.12. The van der Waals surface area contributed by atoms with Gasteiger partial charge < -0.3 is 5.73 Å². The largest absolute Gasteiger partial charge is 0.327 e. The lowest BCUT2D eigenvalue weighted by Crippen LogP contribution is -2.31. The Morgan fingerprint density at radius 1 is 1.31 bits per heavy atom. The second-order valence-corrected chi connectivity index (χ2v) is 4.62. The zero-order valence-electron chi connectivity index (χ0n) is 9.84. The number of benzene rings is 1. The Hall–Kier alpha value is -0.600. The Morgan fingerprint density at radius 2 is 1.94 bits per heavy atom. The molecule has 3 heteroatoms. The van der Waals surface area contributed by atoms with Gasteiger partial charge in [0.2, 0.25) is 0 Å². The molecule has 0 heterocycles. The normalized spacial score (nSPS) is 13.1. The number of nitrogens with two attached hydrogens (primary N) is 1. The standard InChI is InChI=1S/C13H19ClFN/c1-3-9(4-2)13(16)8-10-7-11(14)5-6-12(10)15/h5-7,9,13H,3-4,8,16H2,1-2H3. The van der Waals surface area contributed by atoms with Crippen LogP contribution in [0, 0.1) is 11.7 Å². The van der Waals surface area contributed by atoms with Crippen LogP contribution in [0.4, 0.5) is 4.39 Å². The first kappa shape index (κ1) is 13.5. The van der Waals surface area contributed by atoms with Crippen molar-refractivity contribution in [1.29, 1.82) is 0 Å². The fourth-order valence-electron chi connectivity index (χ4n) is 2.01. The molecule has 0 aliphatic carbocycles. The molecular formula is C13H19ClFN. The van der Waals surface area contributed by atoms with E-state index in [4.69, 9.17) is 17.3 Å². The van der Waals surface area contributed by atoms with Crippen molar-refractivity contribution in [2.24, 2.45) is 11.7 Å². The maximum atomic E-state index is 13.5. The molecule has 0 fully saturated rings. The summed E-state index contributed by atoms with van der Waals surface area (Å²) >= 11 is 5.84. The Balaban J connectivity index is 2.75. The molecule has 0 saturated heterocycles. The average Bonchev–Trinajstić information content (AvgIpc) is 2.25. The van der Waals surface area contributed by atoms with Crippen LogP contribution in [0.5, 0.6) is 0 Å². The van der Waals surface area contributed by atoms with Crippen molar-refractivity contribution in [2.45, 2.75) is 39.2 Å². The predicted octanol–water partition coefficient (Wildman–Crippen LogP) is 3.79. The van der Waals surface area contributed by atoms with Gasteiger partial charge in [0.05, 0.1) is 0 Å². The summed E-state index contributed by atoms with van der Waals surface area (Å²) in [6.45, 7) is 4.23. The average molecular weight is 244 g/mol. The van der Waals surface area contributed by atoms with Gasteiger partial charge in [-0.15, -0.1) is 0 Å². The molecule has 90 valence electrons. The smallest absolute Gasteiger partial charge is 0.126 e. The highest BCUT2D eigenvalue weighted by atomic mass is 35.5. The minimum atomic E-state index is -0.217. The lowest BCUT2D eigenvalue weighted by molar-refractivity contribution is 0.390. The first-order valence-electron chi connectivity index (χ1n) is 5.78. The van der Waals surface area contributed by atoms with E-state index in [1.54, 1.807) is 12.1 Å². The van der Waals surface area contributed by atoms with Gasteiger partial charge in [0.15, 0.2) is 0 Å². The molecule has 0 saturated carbocycles. The molecule has 0 radical (unpaired) electrons. The maximum Gasteiger partial charge on any atom is 0.126 e. The van der Waals surface area contributed by atoms with Crippen molar-refractivity contribution in [1.82, 2.24) is 0 Å². The van der Waals surface area contributed by atoms with Crippen molar-refractivity contribution in [3.8, 4) is 0 Å². The van der Waals surface area contributed by atoms with Crippen LogP contribution in [0.15, 0.2) is 18.2 Å². The molecule has 0 bridgehead atoms. The highest BCUT2D eigenvalue weighted by Crippen LogP contribution is 2.20. The fraction of sp³-hybridized carbons (Fsp3) is 0.538. The summed E-state index contributed by atoms with van der Waals surface area (Å²) < 4.78 is 13.5. The van der Waals surface area contributed by atoms with Gasteiger partial charge in [-0.3, -0.25) is 0 Å². The van der Waals surface area contributed by atoms with Crippen LogP contribution in [-0.4, -0.2) is 6.04 Å². The first-order chi connectivity index (χ1) is 7.58. The number of rotatable bonds is 5. The zero-order valence-corrected chi connectivity index (χ0v) is 10.6.